The Kier molecular flexibility index (Phi) is 5.44. The van der Waals surface area contributed by atoms with E-state index in [1.54, 1.807) is 0 Å². The van der Waals surface area contributed by atoms with Crippen LogP contribution in [0.25, 0.3) is 0 Å². The Morgan fingerprint density at radius 2 is 0.917 bits per heavy atom. The van der Waals surface area contributed by atoms with Crippen molar-refractivity contribution in [2.24, 2.45) is 0 Å². The molecule has 0 aliphatic rings. The molecule has 0 saturated heterocycles. The van der Waals surface area contributed by atoms with Gasteiger partial charge in [-0.1, -0.05) is 55.2 Å². The first-order chi connectivity index (χ1) is 5.60. The second-order valence-electron chi connectivity index (χ2n) is 3.37. The maximum absolute atomic E-state index is 2.19. The summed E-state index contributed by atoms with van der Waals surface area (Å²) in [4.78, 5) is 0. The molecule has 0 heterocycles. The van der Waals surface area contributed by atoms with Crippen LogP contribution < -0.4 is 0 Å². The number of hydrogen-bond acceptors (Lipinski definition) is 0. The largest absolute Gasteiger partial charge is 0.0656 e. The van der Waals surface area contributed by atoms with Gasteiger partial charge in [0.05, 0.1) is 0 Å². The minimum Gasteiger partial charge on any atom is -0.0656 e. The molecule has 0 nitrogen and oxygen atoms in total. The smallest absolute Gasteiger partial charge is 0.0398 e. The summed E-state index contributed by atoms with van der Waals surface area (Å²) in [5.74, 6) is 0. The molecule has 12 heavy (non-hydrogen) atoms. The Morgan fingerprint density at radius 3 is 1.08 bits per heavy atom. The fraction of sp³-hybridized carbons (Fsp3) is 0.500. The van der Waals surface area contributed by atoms with E-state index < -0.39 is 0 Å². The molecular weight excluding hydrogens is 144 g/mol. The summed E-state index contributed by atoms with van der Waals surface area (Å²) in [6.07, 6.45) is 1.25. The van der Waals surface area contributed by atoms with Gasteiger partial charge in [0.2, 0.25) is 0 Å². The van der Waals surface area contributed by atoms with Crippen molar-refractivity contribution in [2.45, 2.75) is 41.0 Å². The highest BCUT2D eigenvalue weighted by molar-refractivity contribution is 5.27. The van der Waals surface area contributed by atoms with E-state index in [-0.39, 0.29) is 0 Å². The van der Waals surface area contributed by atoms with Crippen molar-refractivity contribution in [3.05, 3.63) is 34.9 Å². The molecule has 0 fully saturated rings. The Bertz CT molecular complexity index is 173. The first-order valence-corrected chi connectivity index (χ1v) is 4.65. The summed E-state index contributed by atoms with van der Waals surface area (Å²) in [6.45, 7) is 10.6. The van der Waals surface area contributed by atoms with Crippen LogP contribution in [-0.2, 0) is 0 Å². The molecular formula is C12H20. The fourth-order valence-corrected chi connectivity index (χ4v) is 1.20. The summed E-state index contributed by atoms with van der Waals surface area (Å²) in [6, 6.07) is 6.56. The van der Waals surface area contributed by atoms with Crippen molar-refractivity contribution >= 4 is 0 Å². The lowest BCUT2D eigenvalue weighted by atomic mass is 10.1. The standard InChI is InChI=1S/C9H12.C3H8/c1-7-4-8(2)6-9(3)5-7;1-3-2/h4-6H,1-3H3;3H2,1-2H3. The van der Waals surface area contributed by atoms with Crippen LogP contribution in [0, 0.1) is 20.8 Å². The summed E-state index contributed by atoms with van der Waals surface area (Å²) < 4.78 is 0. The zero-order chi connectivity index (χ0) is 9.56. The summed E-state index contributed by atoms with van der Waals surface area (Å²) in [7, 11) is 0. The lowest BCUT2D eigenvalue weighted by molar-refractivity contribution is 1.09. The van der Waals surface area contributed by atoms with Gasteiger partial charge in [-0.15, -0.1) is 0 Å². The molecule has 0 unspecified atom stereocenters. The third-order valence-corrected chi connectivity index (χ3v) is 1.37. The number of rotatable bonds is 0. The zero-order valence-electron chi connectivity index (χ0n) is 8.94. The van der Waals surface area contributed by atoms with E-state index >= 15 is 0 Å². The predicted octanol–water partition coefficient (Wildman–Crippen LogP) is 4.03. The first kappa shape index (κ1) is 11.2. The molecule has 1 aromatic rings. The molecule has 0 amide bonds. The van der Waals surface area contributed by atoms with Crippen molar-refractivity contribution < 1.29 is 0 Å². The third-order valence-electron chi connectivity index (χ3n) is 1.37. The first-order valence-electron chi connectivity index (χ1n) is 4.65. The normalized spacial score (nSPS) is 8.75. The molecule has 0 atom stereocenters. The van der Waals surface area contributed by atoms with E-state index in [1.807, 2.05) is 0 Å². The maximum atomic E-state index is 2.19. The third kappa shape index (κ3) is 4.95. The van der Waals surface area contributed by atoms with Gasteiger partial charge in [0.1, 0.15) is 0 Å². The van der Waals surface area contributed by atoms with Gasteiger partial charge in [0.15, 0.2) is 0 Å². The van der Waals surface area contributed by atoms with Crippen LogP contribution >= 0.6 is 0 Å². The van der Waals surface area contributed by atoms with Crippen LogP contribution in [0.15, 0.2) is 18.2 Å². The van der Waals surface area contributed by atoms with Gasteiger partial charge in [-0.2, -0.15) is 0 Å². The minimum atomic E-state index is 1.25. The molecule has 68 valence electrons. The lowest BCUT2D eigenvalue weighted by Crippen LogP contribution is -1.78. The zero-order valence-corrected chi connectivity index (χ0v) is 8.94. The monoisotopic (exact) mass is 164 g/mol. The van der Waals surface area contributed by atoms with Crippen LogP contribution in [0.1, 0.15) is 37.0 Å². The molecule has 0 spiro atoms. The van der Waals surface area contributed by atoms with E-state index in [0.717, 1.165) is 0 Å². The summed E-state index contributed by atoms with van der Waals surface area (Å²) in [5, 5.41) is 0. The highest BCUT2D eigenvalue weighted by Crippen LogP contribution is 2.06. The van der Waals surface area contributed by atoms with Crippen molar-refractivity contribution in [2.75, 3.05) is 0 Å². The topological polar surface area (TPSA) is 0 Å². The summed E-state index contributed by atoms with van der Waals surface area (Å²) >= 11 is 0. The van der Waals surface area contributed by atoms with Crippen LogP contribution in [0.5, 0.6) is 0 Å². The Balaban J connectivity index is 0.000000354. The average Bonchev–Trinajstić information content (AvgIpc) is 1.84. The molecule has 0 bridgehead atoms. The average molecular weight is 164 g/mol. The van der Waals surface area contributed by atoms with Gasteiger partial charge >= 0.3 is 0 Å². The maximum Gasteiger partial charge on any atom is -0.0398 e. The van der Waals surface area contributed by atoms with Crippen molar-refractivity contribution in [1.82, 2.24) is 0 Å². The lowest BCUT2D eigenvalue weighted by Gasteiger charge is -1.96. The molecule has 0 aromatic heterocycles. The predicted molar refractivity (Wildman–Crippen MR) is 56.6 cm³/mol. The van der Waals surface area contributed by atoms with Crippen LogP contribution in [0.3, 0.4) is 0 Å². The SMILES string of the molecule is CCC.Cc1cc(C)cc(C)c1. The molecule has 1 aromatic carbocycles. The second-order valence-corrected chi connectivity index (χ2v) is 3.37. The second kappa shape index (κ2) is 5.82. The number of hydrogen-bond donors (Lipinski definition) is 0. The quantitative estimate of drug-likeness (QED) is 0.543. The van der Waals surface area contributed by atoms with Crippen molar-refractivity contribution in [1.29, 1.82) is 0 Å². The minimum absolute atomic E-state index is 1.25. The van der Waals surface area contributed by atoms with Gasteiger partial charge in [0.25, 0.3) is 0 Å². The van der Waals surface area contributed by atoms with Crippen LogP contribution in [-0.4, -0.2) is 0 Å². The fourth-order valence-electron chi connectivity index (χ4n) is 1.20. The molecule has 0 aliphatic heterocycles. The van der Waals surface area contributed by atoms with Crippen LogP contribution in [0.4, 0.5) is 0 Å². The van der Waals surface area contributed by atoms with E-state index in [0.29, 0.717) is 0 Å². The van der Waals surface area contributed by atoms with Crippen molar-refractivity contribution in [3.8, 4) is 0 Å². The Labute approximate surface area is 76.6 Å². The van der Waals surface area contributed by atoms with Gasteiger partial charge in [-0.05, 0) is 20.8 Å². The van der Waals surface area contributed by atoms with Gasteiger partial charge < -0.3 is 0 Å². The molecule has 0 saturated carbocycles. The van der Waals surface area contributed by atoms with Gasteiger partial charge in [-0.25, -0.2) is 0 Å². The van der Waals surface area contributed by atoms with Gasteiger partial charge in [-0.3, -0.25) is 0 Å². The summed E-state index contributed by atoms with van der Waals surface area (Å²) in [5.41, 5.74) is 4.06. The molecule has 0 heteroatoms. The van der Waals surface area contributed by atoms with E-state index in [1.165, 1.54) is 23.1 Å². The molecule has 1 rings (SSSR count). The Morgan fingerprint density at radius 1 is 0.750 bits per heavy atom. The molecule has 0 radical (unpaired) electrons. The van der Waals surface area contributed by atoms with Gasteiger partial charge in [0, 0.05) is 0 Å². The van der Waals surface area contributed by atoms with E-state index in [4.69, 9.17) is 0 Å². The number of benzene rings is 1. The Hall–Kier alpha value is -0.780. The molecule has 0 aliphatic carbocycles. The highest BCUT2D eigenvalue weighted by atomic mass is 13.9. The number of aryl methyl sites for hydroxylation is 3. The van der Waals surface area contributed by atoms with Crippen molar-refractivity contribution in [3.63, 3.8) is 0 Å². The molecule has 0 N–H and O–H groups in total. The highest BCUT2D eigenvalue weighted by Gasteiger charge is 1.87. The van der Waals surface area contributed by atoms with E-state index in [9.17, 15) is 0 Å². The van der Waals surface area contributed by atoms with E-state index in [2.05, 4.69) is 52.8 Å². The van der Waals surface area contributed by atoms with Crippen LogP contribution in [0.2, 0.25) is 0 Å².